The fourth-order valence-corrected chi connectivity index (χ4v) is 3.63. The first-order chi connectivity index (χ1) is 12.5. The summed E-state index contributed by atoms with van der Waals surface area (Å²) < 4.78 is 0. The number of aryl methyl sites for hydroxylation is 1. The molecular weight excluding hydrogens is 417 g/mol. The van der Waals surface area contributed by atoms with E-state index in [1.54, 1.807) is 6.07 Å². The molecule has 0 aliphatic carbocycles. The van der Waals surface area contributed by atoms with Gasteiger partial charge in [-0.25, -0.2) is 0 Å². The Balaban J connectivity index is 0.00000196. The maximum atomic E-state index is 12.4. The van der Waals surface area contributed by atoms with E-state index in [0.717, 1.165) is 43.1 Å². The molecule has 0 saturated carbocycles. The number of hydrogen-bond donors (Lipinski definition) is 2. The fourth-order valence-electron chi connectivity index (χ4n) is 3.43. The number of nitrogen functional groups attached to an aromatic ring is 1. The molecule has 0 radical (unpaired) electrons. The van der Waals surface area contributed by atoms with E-state index in [1.165, 1.54) is 5.56 Å². The third-order valence-corrected chi connectivity index (χ3v) is 5.49. The maximum Gasteiger partial charge on any atom is 0.251 e. The van der Waals surface area contributed by atoms with Crippen LogP contribution in [0.3, 0.4) is 0 Å². The van der Waals surface area contributed by atoms with Crippen LogP contribution in [0.2, 0.25) is 5.02 Å². The molecular formula is C21H28Cl3N3O. The molecule has 1 aliphatic rings. The molecule has 0 unspecified atom stereocenters. The van der Waals surface area contributed by atoms with Gasteiger partial charge in [0.15, 0.2) is 0 Å². The number of carbonyl (C=O) groups excluding carboxylic acids is 1. The second-order valence-electron chi connectivity index (χ2n) is 7.10. The number of hydrogen-bond acceptors (Lipinski definition) is 3. The highest BCUT2D eigenvalue weighted by molar-refractivity contribution is 6.31. The minimum absolute atomic E-state index is 0. The number of nitrogens with zero attached hydrogens (tertiary/aromatic N) is 1. The summed E-state index contributed by atoms with van der Waals surface area (Å²) in [6, 6.07) is 13.5. The normalized spacial score (nSPS) is 14.6. The number of benzene rings is 2. The molecule has 0 bridgehead atoms. The number of nitrogens with one attached hydrogen (secondary N) is 1. The van der Waals surface area contributed by atoms with Gasteiger partial charge in [-0.2, -0.15) is 0 Å². The Morgan fingerprint density at radius 1 is 1.18 bits per heavy atom. The zero-order chi connectivity index (χ0) is 18.5. The number of piperidine rings is 1. The van der Waals surface area contributed by atoms with Crippen LogP contribution >= 0.6 is 36.4 Å². The Morgan fingerprint density at radius 3 is 2.54 bits per heavy atom. The summed E-state index contributed by atoms with van der Waals surface area (Å²) in [5.74, 6) is 0.483. The highest BCUT2D eigenvalue weighted by Gasteiger charge is 2.21. The quantitative estimate of drug-likeness (QED) is 0.656. The average molecular weight is 445 g/mol. The van der Waals surface area contributed by atoms with E-state index in [2.05, 4.69) is 16.3 Å². The van der Waals surface area contributed by atoms with Gasteiger partial charge in [-0.15, -0.1) is 24.8 Å². The predicted octanol–water partition coefficient (Wildman–Crippen LogP) is 4.72. The van der Waals surface area contributed by atoms with Crippen LogP contribution in [-0.2, 0) is 6.54 Å². The first-order valence-electron chi connectivity index (χ1n) is 9.13. The van der Waals surface area contributed by atoms with E-state index in [1.807, 2.05) is 37.3 Å². The number of halogens is 3. The van der Waals surface area contributed by atoms with Gasteiger partial charge >= 0.3 is 0 Å². The Bertz CT molecular complexity index is 777. The summed E-state index contributed by atoms with van der Waals surface area (Å²) in [6.07, 6.45) is 2.17. The van der Waals surface area contributed by atoms with Crippen molar-refractivity contribution in [3.63, 3.8) is 0 Å². The van der Waals surface area contributed by atoms with E-state index < -0.39 is 0 Å². The molecule has 0 atom stereocenters. The van der Waals surface area contributed by atoms with Gasteiger partial charge in [-0.05, 0) is 68.1 Å². The third kappa shape index (κ3) is 6.56. The number of likely N-dealkylation sites (tertiary alicyclic amines) is 1. The van der Waals surface area contributed by atoms with Crippen LogP contribution in [0.1, 0.15) is 34.3 Å². The zero-order valence-electron chi connectivity index (χ0n) is 16.0. The fraction of sp³-hybridized carbons (Fsp3) is 0.381. The van der Waals surface area contributed by atoms with Crippen LogP contribution in [0.15, 0.2) is 42.5 Å². The van der Waals surface area contributed by atoms with Crippen molar-refractivity contribution in [3.05, 3.63) is 64.2 Å². The van der Waals surface area contributed by atoms with Gasteiger partial charge in [0.25, 0.3) is 5.91 Å². The average Bonchev–Trinajstić information content (AvgIpc) is 2.65. The van der Waals surface area contributed by atoms with E-state index in [9.17, 15) is 4.79 Å². The van der Waals surface area contributed by atoms with Gasteiger partial charge in [0, 0.05) is 29.4 Å². The van der Waals surface area contributed by atoms with Crippen LogP contribution in [0.25, 0.3) is 0 Å². The van der Waals surface area contributed by atoms with Gasteiger partial charge in [0.2, 0.25) is 0 Å². The predicted molar refractivity (Wildman–Crippen MR) is 122 cm³/mol. The number of carbonyl (C=O) groups is 1. The zero-order valence-corrected chi connectivity index (χ0v) is 18.4. The largest absolute Gasteiger partial charge is 0.399 e. The second-order valence-corrected chi connectivity index (χ2v) is 7.50. The topological polar surface area (TPSA) is 58.4 Å². The van der Waals surface area contributed by atoms with Crippen molar-refractivity contribution in [2.45, 2.75) is 26.3 Å². The Hall–Kier alpha value is -1.46. The molecule has 0 spiro atoms. The van der Waals surface area contributed by atoms with E-state index in [-0.39, 0.29) is 30.7 Å². The van der Waals surface area contributed by atoms with Crippen molar-refractivity contribution in [2.75, 3.05) is 25.4 Å². The SMILES string of the molecule is Cc1ccc(N)cc1C(=O)NCC1CCN(Cc2ccccc2Cl)CC1.Cl.Cl. The minimum atomic E-state index is -0.0340. The summed E-state index contributed by atoms with van der Waals surface area (Å²) in [5.41, 5.74) is 9.21. The molecule has 2 aromatic rings. The first kappa shape index (κ1) is 24.6. The van der Waals surface area contributed by atoms with Crippen LogP contribution in [0.4, 0.5) is 5.69 Å². The van der Waals surface area contributed by atoms with Crippen molar-refractivity contribution in [1.82, 2.24) is 10.2 Å². The van der Waals surface area contributed by atoms with Crippen molar-refractivity contribution in [2.24, 2.45) is 5.92 Å². The molecule has 1 heterocycles. The van der Waals surface area contributed by atoms with Gasteiger partial charge in [0.1, 0.15) is 0 Å². The maximum absolute atomic E-state index is 12.4. The smallest absolute Gasteiger partial charge is 0.251 e. The highest BCUT2D eigenvalue weighted by Crippen LogP contribution is 2.22. The number of amides is 1. The standard InChI is InChI=1S/C21H26ClN3O.2ClH/c1-15-6-7-18(23)12-19(15)21(26)24-13-16-8-10-25(11-9-16)14-17-4-2-3-5-20(17)22;;/h2-7,12,16H,8-11,13-14,23H2,1H3,(H,24,26);2*1H. The second kappa shape index (κ2) is 11.5. The molecule has 154 valence electrons. The molecule has 1 saturated heterocycles. The molecule has 1 amide bonds. The molecule has 0 aromatic heterocycles. The number of anilines is 1. The van der Waals surface area contributed by atoms with Crippen molar-refractivity contribution < 1.29 is 4.79 Å². The van der Waals surface area contributed by atoms with Crippen molar-refractivity contribution in [1.29, 1.82) is 0 Å². The van der Waals surface area contributed by atoms with Crippen molar-refractivity contribution >= 4 is 48.0 Å². The molecule has 28 heavy (non-hydrogen) atoms. The van der Waals surface area contributed by atoms with Gasteiger partial charge in [-0.3, -0.25) is 9.69 Å². The molecule has 2 aromatic carbocycles. The monoisotopic (exact) mass is 443 g/mol. The van der Waals surface area contributed by atoms with E-state index in [4.69, 9.17) is 17.3 Å². The van der Waals surface area contributed by atoms with Crippen LogP contribution in [0.5, 0.6) is 0 Å². The van der Waals surface area contributed by atoms with Gasteiger partial charge in [-0.1, -0.05) is 35.9 Å². The highest BCUT2D eigenvalue weighted by atomic mass is 35.5. The van der Waals surface area contributed by atoms with Crippen LogP contribution < -0.4 is 11.1 Å². The lowest BCUT2D eigenvalue weighted by Gasteiger charge is -2.32. The summed E-state index contributed by atoms with van der Waals surface area (Å²) >= 11 is 6.26. The summed E-state index contributed by atoms with van der Waals surface area (Å²) in [4.78, 5) is 14.8. The molecule has 3 rings (SSSR count). The lowest BCUT2D eigenvalue weighted by atomic mass is 9.96. The summed E-state index contributed by atoms with van der Waals surface area (Å²) in [7, 11) is 0. The molecule has 1 aliphatic heterocycles. The van der Waals surface area contributed by atoms with E-state index >= 15 is 0 Å². The Labute approximate surface area is 184 Å². The number of rotatable bonds is 5. The Kier molecular flexibility index (Phi) is 10.1. The molecule has 3 N–H and O–H groups in total. The molecule has 1 fully saturated rings. The lowest BCUT2D eigenvalue weighted by Crippen LogP contribution is -2.38. The first-order valence-corrected chi connectivity index (χ1v) is 9.51. The third-order valence-electron chi connectivity index (χ3n) is 5.12. The molecule has 7 heteroatoms. The summed E-state index contributed by atoms with van der Waals surface area (Å²) in [6.45, 7) is 5.60. The van der Waals surface area contributed by atoms with E-state index in [0.29, 0.717) is 23.7 Å². The summed E-state index contributed by atoms with van der Waals surface area (Å²) in [5, 5.41) is 3.91. The lowest BCUT2D eigenvalue weighted by molar-refractivity contribution is 0.0934. The Morgan fingerprint density at radius 2 is 1.86 bits per heavy atom. The molecule has 4 nitrogen and oxygen atoms in total. The number of nitrogens with two attached hydrogens (primary N) is 1. The van der Waals surface area contributed by atoms with Crippen molar-refractivity contribution in [3.8, 4) is 0 Å². The van der Waals surface area contributed by atoms with Gasteiger partial charge in [0.05, 0.1) is 0 Å². The van der Waals surface area contributed by atoms with Crippen LogP contribution in [-0.4, -0.2) is 30.4 Å². The van der Waals surface area contributed by atoms with Crippen LogP contribution in [0, 0.1) is 12.8 Å². The van der Waals surface area contributed by atoms with Gasteiger partial charge < -0.3 is 11.1 Å². The minimum Gasteiger partial charge on any atom is -0.399 e.